The zero-order chi connectivity index (χ0) is 16.6. The molecular weight excluding hydrogens is 304 g/mol. The van der Waals surface area contributed by atoms with Gasteiger partial charge in [-0.15, -0.1) is 5.10 Å². The van der Waals surface area contributed by atoms with Gasteiger partial charge in [0.2, 0.25) is 5.95 Å². The number of anilines is 2. The van der Waals surface area contributed by atoms with E-state index in [1.807, 2.05) is 36.4 Å². The summed E-state index contributed by atoms with van der Waals surface area (Å²) in [6.07, 6.45) is 5.12. The standard InChI is InChI=1S/C17H18N6O/c1-24-15-7-3-2-6-14(15)11-19-16-12-21-23-17(22-16)20-10-13-5-4-8-18-9-13/h2-9,12H,10-11H2,1H3,(H2,19,20,22,23). The summed E-state index contributed by atoms with van der Waals surface area (Å²) in [7, 11) is 1.66. The molecule has 122 valence electrons. The van der Waals surface area contributed by atoms with Crippen LogP contribution in [0.25, 0.3) is 0 Å². The van der Waals surface area contributed by atoms with Gasteiger partial charge in [0.1, 0.15) is 5.75 Å². The fraction of sp³-hybridized carbons (Fsp3) is 0.176. The summed E-state index contributed by atoms with van der Waals surface area (Å²) in [5.74, 6) is 1.94. The minimum atomic E-state index is 0.462. The number of nitrogens with one attached hydrogen (secondary N) is 2. The lowest BCUT2D eigenvalue weighted by Gasteiger charge is -2.10. The number of para-hydroxylation sites is 1. The summed E-state index contributed by atoms with van der Waals surface area (Å²) >= 11 is 0. The molecule has 0 amide bonds. The van der Waals surface area contributed by atoms with Crippen molar-refractivity contribution in [3.05, 3.63) is 66.1 Å². The van der Waals surface area contributed by atoms with Crippen LogP contribution >= 0.6 is 0 Å². The van der Waals surface area contributed by atoms with Gasteiger partial charge in [0.15, 0.2) is 5.82 Å². The van der Waals surface area contributed by atoms with Crippen LogP contribution in [0.15, 0.2) is 55.0 Å². The van der Waals surface area contributed by atoms with Crippen molar-refractivity contribution < 1.29 is 4.74 Å². The van der Waals surface area contributed by atoms with Gasteiger partial charge in [-0.1, -0.05) is 24.3 Å². The number of ether oxygens (including phenoxy) is 1. The van der Waals surface area contributed by atoms with Gasteiger partial charge in [-0.3, -0.25) is 4.98 Å². The number of hydrogen-bond acceptors (Lipinski definition) is 7. The SMILES string of the molecule is COc1ccccc1CNc1cnnc(NCc2cccnc2)n1. The predicted octanol–water partition coefficient (Wildman–Crippen LogP) is 2.50. The Morgan fingerprint density at radius 2 is 1.92 bits per heavy atom. The van der Waals surface area contributed by atoms with Crippen molar-refractivity contribution in [3.8, 4) is 5.75 Å². The van der Waals surface area contributed by atoms with Gasteiger partial charge in [0.05, 0.1) is 13.3 Å². The van der Waals surface area contributed by atoms with Crippen LogP contribution in [0, 0.1) is 0 Å². The first-order valence-corrected chi connectivity index (χ1v) is 7.53. The Bertz CT molecular complexity index is 781. The Morgan fingerprint density at radius 3 is 2.75 bits per heavy atom. The molecule has 7 nitrogen and oxygen atoms in total. The third-order valence-corrected chi connectivity index (χ3v) is 3.38. The lowest BCUT2D eigenvalue weighted by atomic mass is 10.2. The maximum absolute atomic E-state index is 5.34. The fourth-order valence-electron chi connectivity index (χ4n) is 2.18. The van der Waals surface area contributed by atoms with E-state index in [0.717, 1.165) is 16.9 Å². The van der Waals surface area contributed by atoms with Crippen LogP contribution in [0.5, 0.6) is 5.75 Å². The van der Waals surface area contributed by atoms with Crippen LogP contribution in [0.1, 0.15) is 11.1 Å². The van der Waals surface area contributed by atoms with Gasteiger partial charge in [-0.2, -0.15) is 10.1 Å². The quantitative estimate of drug-likeness (QED) is 0.691. The monoisotopic (exact) mass is 322 g/mol. The molecule has 0 saturated heterocycles. The van der Waals surface area contributed by atoms with Crippen molar-refractivity contribution in [3.63, 3.8) is 0 Å². The topological polar surface area (TPSA) is 84.9 Å². The van der Waals surface area contributed by atoms with E-state index >= 15 is 0 Å². The van der Waals surface area contributed by atoms with Crippen LogP contribution in [-0.2, 0) is 13.1 Å². The highest BCUT2D eigenvalue weighted by molar-refractivity contribution is 5.41. The van der Waals surface area contributed by atoms with Crippen LogP contribution in [0.4, 0.5) is 11.8 Å². The number of aromatic nitrogens is 4. The largest absolute Gasteiger partial charge is 0.496 e. The third kappa shape index (κ3) is 4.16. The molecule has 2 aromatic heterocycles. The number of nitrogens with zero attached hydrogens (tertiary/aromatic N) is 4. The van der Waals surface area contributed by atoms with Crippen LogP contribution in [0.3, 0.4) is 0 Å². The average Bonchev–Trinajstić information content (AvgIpc) is 2.66. The van der Waals surface area contributed by atoms with E-state index in [0.29, 0.717) is 24.9 Å². The van der Waals surface area contributed by atoms with E-state index in [9.17, 15) is 0 Å². The van der Waals surface area contributed by atoms with Crippen molar-refractivity contribution in [1.82, 2.24) is 20.2 Å². The molecular formula is C17H18N6O. The first-order valence-electron chi connectivity index (χ1n) is 7.53. The van der Waals surface area contributed by atoms with E-state index in [1.54, 1.807) is 25.7 Å². The molecule has 0 aliphatic heterocycles. The fourth-order valence-corrected chi connectivity index (χ4v) is 2.18. The number of hydrogen-bond donors (Lipinski definition) is 2. The van der Waals surface area contributed by atoms with Gasteiger partial charge < -0.3 is 15.4 Å². The van der Waals surface area contributed by atoms with Crippen LogP contribution in [0.2, 0.25) is 0 Å². The Hall–Kier alpha value is -3.22. The van der Waals surface area contributed by atoms with E-state index in [1.165, 1.54) is 0 Å². The van der Waals surface area contributed by atoms with Gasteiger partial charge in [-0.05, 0) is 17.7 Å². The zero-order valence-corrected chi connectivity index (χ0v) is 13.3. The van der Waals surface area contributed by atoms with Gasteiger partial charge >= 0.3 is 0 Å². The van der Waals surface area contributed by atoms with Crippen LogP contribution in [-0.4, -0.2) is 27.3 Å². The molecule has 2 heterocycles. The van der Waals surface area contributed by atoms with E-state index < -0.39 is 0 Å². The van der Waals surface area contributed by atoms with Crippen molar-refractivity contribution in [2.45, 2.75) is 13.1 Å². The normalized spacial score (nSPS) is 10.2. The number of methoxy groups -OCH3 is 1. The molecule has 0 bridgehead atoms. The second-order valence-corrected chi connectivity index (χ2v) is 5.05. The lowest BCUT2D eigenvalue weighted by molar-refractivity contribution is 0.410. The highest BCUT2D eigenvalue weighted by atomic mass is 16.5. The first-order chi connectivity index (χ1) is 11.8. The molecule has 0 spiro atoms. The van der Waals surface area contributed by atoms with Crippen molar-refractivity contribution in [2.75, 3.05) is 17.7 Å². The smallest absolute Gasteiger partial charge is 0.244 e. The van der Waals surface area contributed by atoms with E-state index in [-0.39, 0.29) is 0 Å². The second kappa shape index (κ2) is 7.87. The maximum atomic E-state index is 5.34. The second-order valence-electron chi connectivity index (χ2n) is 5.05. The van der Waals surface area contributed by atoms with Gasteiger partial charge in [0.25, 0.3) is 0 Å². The minimum Gasteiger partial charge on any atom is -0.496 e. The molecule has 0 aliphatic carbocycles. The van der Waals surface area contributed by atoms with Crippen LogP contribution < -0.4 is 15.4 Å². The molecule has 0 radical (unpaired) electrons. The van der Waals surface area contributed by atoms with Gasteiger partial charge in [-0.25, -0.2) is 0 Å². The molecule has 1 aromatic carbocycles. The summed E-state index contributed by atoms with van der Waals surface area (Å²) in [5, 5.41) is 14.3. The molecule has 3 rings (SSSR count). The van der Waals surface area contributed by atoms with Crippen molar-refractivity contribution >= 4 is 11.8 Å². The van der Waals surface area contributed by atoms with E-state index in [2.05, 4.69) is 30.8 Å². The predicted molar refractivity (Wildman–Crippen MR) is 91.7 cm³/mol. The maximum Gasteiger partial charge on any atom is 0.244 e. The lowest BCUT2D eigenvalue weighted by Crippen LogP contribution is -2.08. The summed E-state index contributed by atoms with van der Waals surface area (Å²) in [6.45, 7) is 1.18. The number of benzene rings is 1. The molecule has 0 atom stereocenters. The van der Waals surface area contributed by atoms with Crippen molar-refractivity contribution in [2.24, 2.45) is 0 Å². The summed E-state index contributed by atoms with van der Waals surface area (Å²) < 4.78 is 5.34. The average molecular weight is 322 g/mol. The van der Waals surface area contributed by atoms with E-state index in [4.69, 9.17) is 4.74 Å². The Balaban J connectivity index is 1.61. The van der Waals surface area contributed by atoms with Crippen molar-refractivity contribution in [1.29, 1.82) is 0 Å². The third-order valence-electron chi connectivity index (χ3n) is 3.38. The molecule has 2 N–H and O–H groups in total. The molecule has 24 heavy (non-hydrogen) atoms. The molecule has 3 aromatic rings. The number of pyridine rings is 1. The highest BCUT2D eigenvalue weighted by Gasteiger charge is 2.04. The molecule has 0 fully saturated rings. The summed E-state index contributed by atoms with van der Waals surface area (Å²) in [5.41, 5.74) is 2.09. The Kier molecular flexibility index (Phi) is 5.14. The first kappa shape index (κ1) is 15.7. The molecule has 0 saturated carbocycles. The summed E-state index contributed by atoms with van der Waals surface area (Å²) in [6, 6.07) is 11.7. The molecule has 7 heteroatoms. The minimum absolute atomic E-state index is 0.462. The number of rotatable bonds is 7. The van der Waals surface area contributed by atoms with Gasteiger partial charge in [0, 0.05) is 31.0 Å². The Morgan fingerprint density at radius 1 is 1.00 bits per heavy atom. The molecule has 0 aliphatic rings. The highest BCUT2D eigenvalue weighted by Crippen LogP contribution is 2.18. The summed E-state index contributed by atoms with van der Waals surface area (Å²) in [4.78, 5) is 8.47. The Labute approximate surface area is 140 Å². The molecule has 0 unspecified atom stereocenters. The zero-order valence-electron chi connectivity index (χ0n) is 13.3.